The van der Waals surface area contributed by atoms with Crippen LogP contribution in [0.15, 0.2) is 0 Å². The fourth-order valence-corrected chi connectivity index (χ4v) is 3.85. The number of aliphatic hydroxyl groups excluding tert-OH is 1. The summed E-state index contributed by atoms with van der Waals surface area (Å²) in [4.78, 5) is 11.9. The highest BCUT2D eigenvalue weighted by Crippen LogP contribution is 2.17. The molecule has 0 aromatic rings. The molecule has 0 bridgehead atoms. The lowest BCUT2D eigenvalue weighted by atomic mass is 9.93. The average molecular weight is 399 g/mol. The van der Waals surface area contributed by atoms with E-state index in [4.69, 9.17) is 4.74 Å². The second-order valence-corrected chi connectivity index (χ2v) is 9.49. The van der Waals surface area contributed by atoms with Gasteiger partial charge in [-0.15, -0.1) is 0 Å². The summed E-state index contributed by atoms with van der Waals surface area (Å²) in [6, 6.07) is 0.0775. The lowest BCUT2D eigenvalue weighted by Crippen LogP contribution is -2.57. The highest BCUT2D eigenvalue weighted by molar-refractivity contribution is 5.68. The van der Waals surface area contributed by atoms with Crippen LogP contribution in [0.5, 0.6) is 0 Å². The number of nitrogens with one attached hydrogen (secondary N) is 2. The number of amides is 1. The number of hydrogen-bond donors (Lipinski definition) is 3. The summed E-state index contributed by atoms with van der Waals surface area (Å²) in [5.41, 5.74) is -0.519. The van der Waals surface area contributed by atoms with Gasteiger partial charge in [-0.2, -0.15) is 0 Å². The molecule has 0 unspecified atom stereocenters. The lowest BCUT2D eigenvalue weighted by molar-refractivity contribution is 0.0340. The Morgan fingerprint density at radius 3 is 2.04 bits per heavy atom. The van der Waals surface area contributed by atoms with Gasteiger partial charge in [0.15, 0.2) is 0 Å². The van der Waals surface area contributed by atoms with Gasteiger partial charge in [0.05, 0.1) is 12.1 Å². The molecule has 3 N–H and O–H groups in total. The molecule has 1 amide bonds. The van der Waals surface area contributed by atoms with Crippen molar-refractivity contribution in [1.82, 2.24) is 10.6 Å². The second kappa shape index (κ2) is 14.2. The first-order valence-electron chi connectivity index (χ1n) is 11.7. The van der Waals surface area contributed by atoms with Crippen LogP contribution >= 0.6 is 0 Å². The number of carbonyl (C=O) groups is 1. The predicted octanol–water partition coefficient (Wildman–Crippen LogP) is 5.30. The Bertz CT molecular complexity index is 409. The van der Waals surface area contributed by atoms with Gasteiger partial charge in [0.25, 0.3) is 0 Å². The molecule has 0 aromatic carbocycles. The molecule has 0 aliphatic carbocycles. The van der Waals surface area contributed by atoms with Crippen molar-refractivity contribution in [3.63, 3.8) is 0 Å². The highest BCUT2D eigenvalue weighted by Gasteiger charge is 2.30. The van der Waals surface area contributed by atoms with E-state index in [0.717, 1.165) is 6.42 Å². The van der Waals surface area contributed by atoms with Gasteiger partial charge >= 0.3 is 6.09 Å². The number of hydrogen-bond acceptors (Lipinski definition) is 4. The van der Waals surface area contributed by atoms with Crippen molar-refractivity contribution in [2.75, 3.05) is 6.54 Å². The third-order valence-electron chi connectivity index (χ3n) is 5.48. The van der Waals surface area contributed by atoms with Crippen molar-refractivity contribution in [3.8, 4) is 0 Å². The van der Waals surface area contributed by atoms with Crippen LogP contribution < -0.4 is 10.6 Å². The smallest absolute Gasteiger partial charge is 0.408 e. The molecule has 1 rings (SSSR count). The van der Waals surface area contributed by atoms with Gasteiger partial charge in [0, 0.05) is 12.6 Å². The van der Waals surface area contributed by atoms with Crippen LogP contribution in [0.2, 0.25) is 0 Å². The van der Waals surface area contributed by atoms with E-state index >= 15 is 0 Å². The Morgan fingerprint density at radius 1 is 1.00 bits per heavy atom. The van der Waals surface area contributed by atoms with E-state index in [-0.39, 0.29) is 6.04 Å². The largest absolute Gasteiger partial charge is 0.444 e. The monoisotopic (exact) mass is 398 g/mol. The van der Waals surface area contributed by atoms with Crippen molar-refractivity contribution >= 4 is 6.09 Å². The fourth-order valence-electron chi connectivity index (χ4n) is 3.85. The maximum atomic E-state index is 11.9. The summed E-state index contributed by atoms with van der Waals surface area (Å²) < 4.78 is 5.27. The standard InChI is InChI=1S/C23H46N2O3/c1-5-6-7-8-9-10-11-12-13-14-15-16-19-17-21(26)20(18-24-19)25-22(27)28-23(2,3)4/h19-21,24,26H,5-18H2,1-4H3,(H,25,27)/t19-,20+,21+/m1/s1. The normalized spacial score (nSPS) is 22.8. The van der Waals surface area contributed by atoms with Gasteiger partial charge < -0.3 is 20.5 Å². The van der Waals surface area contributed by atoms with Crippen LogP contribution in [0.3, 0.4) is 0 Å². The minimum absolute atomic E-state index is 0.275. The van der Waals surface area contributed by atoms with Gasteiger partial charge in [0.2, 0.25) is 0 Å². The molecule has 28 heavy (non-hydrogen) atoms. The molecular formula is C23H46N2O3. The lowest BCUT2D eigenvalue weighted by Gasteiger charge is -2.35. The van der Waals surface area contributed by atoms with E-state index < -0.39 is 17.8 Å². The molecule has 0 spiro atoms. The number of piperidine rings is 1. The quantitative estimate of drug-likeness (QED) is 0.368. The number of carbonyl (C=O) groups excluding carboxylic acids is 1. The molecule has 3 atom stereocenters. The van der Waals surface area contributed by atoms with E-state index in [9.17, 15) is 9.90 Å². The van der Waals surface area contributed by atoms with Crippen LogP contribution in [0, 0.1) is 0 Å². The molecule has 0 radical (unpaired) electrons. The first kappa shape index (κ1) is 25.2. The van der Waals surface area contributed by atoms with E-state index in [1.54, 1.807) is 0 Å². The number of ether oxygens (including phenoxy) is 1. The topological polar surface area (TPSA) is 70.6 Å². The number of unbranched alkanes of at least 4 members (excludes halogenated alkanes) is 10. The summed E-state index contributed by atoms with van der Waals surface area (Å²) in [5, 5.41) is 16.6. The van der Waals surface area contributed by atoms with Gasteiger partial charge in [0.1, 0.15) is 5.60 Å². The molecule has 5 nitrogen and oxygen atoms in total. The number of rotatable bonds is 13. The van der Waals surface area contributed by atoms with Crippen molar-refractivity contribution in [1.29, 1.82) is 0 Å². The Balaban J connectivity index is 2.01. The predicted molar refractivity (Wildman–Crippen MR) is 117 cm³/mol. The van der Waals surface area contributed by atoms with E-state index in [0.29, 0.717) is 19.0 Å². The molecular weight excluding hydrogens is 352 g/mol. The Morgan fingerprint density at radius 2 is 1.54 bits per heavy atom. The Kier molecular flexibility index (Phi) is 12.8. The summed E-state index contributed by atoms with van der Waals surface area (Å²) in [7, 11) is 0. The number of aliphatic hydroxyl groups is 1. The maximum absolute atomic E-state index is 11.9. The highest BCUT2D eigenvalue weighted by atomic mass is 16.6. The van der Waals surface area contributed by atoms with Crippen LogP contribution in [0.1, 0.15) is 111 Å². The van der Waals surface area contributed by atoms with E-state index in [1.165, 1.54) is 70.6 Å². The van der Waals surface area contributed by atoms with Crippen molar-refractivity contribution in [3.05, 3.63) is 0 Å². The molecule has 1 fully saturated rings. The Hall–Kier alpha value is -0.810. The zero-order valence-corrected chi connectivity index (χ0v) is 18.9. The van der Waals surface area contributed by atoms with Crippen molar-refractivity contribution < 1.29 is 14.6 Å². The Labute approximate surface area is 173 Å². The van der Waals surface area contributed by atoms with Crippen LogP contribution in [-0.2, 0) is 4.74 Å². The zero-order chi connectivity index (χ0) is 20.8. The second-order valence-electron chi connectivity index (χ2n) is 9.49. The van der Waals surface area contributed by atoms with E-state index in [1.807, 2.05) is 20.8 Å². The minimum Gasteiger partial charge on any atom is -0.444 e. The number of alkyl carbamates (subject to hydrolysis) is 1. The summed E-state index contributed by atoms with van der Waals surface area (Å²) in [6.45, 7) is 8.38. The minimum atomic E-state index is -0.519. The molecule has 1 heterocycles. The van der Waals surface area contributed by atoms with Gasteiger partial charge in [-0.25, -0.2) is 4.79 Å². The summed E-state index contributed by atoms with van der Waals surface area (Å²) >= 11 is 0. The third kappa shape index (κ3) is 12.6. The first-order valence-corrected chi connectivity index (χ1v) is 11.7. The molecule has 1 aliphatic rings. The SMILES string of the molecule is CCCCCCCCCCCCC[C@@H]1C[C@H](O)[C@@H](NC(=O)OC(C)(C)C)CN1. The third-order valence-corrected chi connectivity index (χ3v) is 5.48. The first-order chi connectivity index (χ1) is 13.3. The van der Waals surface area contributed by atoms with Crippen LogP contribution in [-0.4, -0.2) is 41.5 Å². The summed E-state index contributed by atoms with van der Waals surface area (Å²) in [5.74, 6) is 0. The maximum Gasteiger partial charge on any atom is 0.408 e. The summed E-state index contributed by atoms with van der Waals surface area (Å²) in [6.07, 6.45) is 15.7. The van der Waals surface area contributed by atoms with E-state index in [2.05, 4.69) is 17.6 Å². The molecule has 0 saturated carbocycles. The van der Waals surface area contributed by atoms with Crippen LogP contribution in [0.25, 0.3) is 0 Å². The van der Waals surface area contributed by atoms with Crippen molar-refractivity contribution in [2.24, 2.45) is 0 Å². The van der Waals surface area contributed by atoms with Gasteiger partial charge in [-0.05, 0) is 33.6 Å². The zero-order valence-electron chi connectivity index (χ0n) is 18.9. The van der Waals surface area contributed by atoms with Gasteiger partial charge in [-0.1, -0.05) is 77.6 Å². The van der Waals surface area contributed by atoms with Crippen molar-refractivity contribution in [2.45, 2.75) is 135 Å². The molecule has 0 aromatic heterocycles. The molecule has 5 heteroatoms. The fraction of sp³-hybridized carbons (Fsp3) is 0.957. The van der Waals surface area contributed by atoms with Gasteiger partial charge in [-0.3, -0.25) is 0 Å². The average Bonchev–Trinajstić information content (AvgIpc) is 2.60. The molecule has 1 aliphatic heterocycles. The molecule has 1 saturated heterocycles. The molecule has 166 valence electrons. The van der Waals surface area contributed by atoms with Crippen LogP contribution in [0.4, 0.5) is 4.79 Å².